The standard InChI is InChI=1S/C20H26F2N4/c1-2-23-20-24-11-16(12-25-20)14-26-9-3-4-15(13-26)5-6-17-7-8-18(21)10-19(17)22/h7-8,10-12,15H,2-6,9,13-14H2,1H3,(H,23,24,25)/t15-/m0/s1. The number of hydrogen-bond donors (Lipinski definition) is 1. The summed E-state index contributed by atoms with van der Waals surface area (Å²) >= 11 is 0. The molecule has 2 aromatic rings. The molecule has 1 fully saturated rings. The molecule has 0 aliphatic carbocycles. The van der Waals surface area contributed by atoms with Crippen LogP contribution in [-0.4, -0.2) is 34.5 Å². The van der Waals surface area contributed by atoms with E-state index in [9.17, 15) is 8.78 Å². The molecule has 0 bridgehead atoms. The zero-order valence-electron chi connectivity index (χ0n) is 15.2. The van der Waals surface area contributed by atoms with Crippen LogP contribution in [0.1, 0.15) is 37.3 Å². The second-order valence-electron chi connectivity index (χ2n) is 6.96. The highest BCUT2D eigenvalue weighted by Gasteiger charge is 2.20. The lowest BCUT2D eigenvalue weighted by Gasteiger charge is -2.32. The van der Waals surface area contributed by atoms with Crippen molar-refractivity contribution in [2.75, 3.05) is 25.0 Å². The number of hydrogen-bond acceptors (Lipinski definition) is 4. The van der Waals surface area contributed by atoms with Crippen molar-refractivity contribution in [2.24, 2.45) is 5.92 Å². The number of nitrogens with zero attached hydrogens (tertiary/aromatic N) is 3. The van der Waals surface area contributed by atoms with Crippen LogP contribution in [0.3, 0.4) is 0 Å². The number of likely N-dealkylation sites (tertiary alicyclic amines) is 1. The van der Waals surface area contributed by atoms with Crippen LogP contribution < -0.4 is 5.32 Å². The van der Waals surface area contributed by atoms with Gasteiger partial charge in [0.25, 0.3) is 0 Å². The lowest BCUT2D eigenvalue weighted by Crippen LogP contribution is -2.35. The SMILES string of the molecule is CCNc1ncc(CN2CCC[C@@H](CCc3ccc(F)cc3F)C2)cn1. The Balaban J connectivity index is 1.50. The zero-order valence-corrected chi connectivity index (χ0v) is 15.2. The average Bonchev–Trinajstić information content (AvgIpc) is 2.63. The van der Waals surface area contributed by atoms with Gasteiger partial charge in [-0.3, -0.25) is 4.90 Å². The number of piperidine rings is 1. The molecule has 1 aromatic carbocycles. The van der Waals surface area contributed by atoms with E-state index in [1.54, 1.807) is 6.07 Å². The summed E-state index contributed by atoms with van der Waals surface area (Å²) in [6, 6.07) is 3.87. The summed E-state index contributed by atoms with van der Waals surface area (Å²) < 4.78 is 26.8. The number of aryl methyl sites for hydroxylation is 1. The highest BCUT2D eigenvalue weighted by Crippen LogP contribution is 2.23. The monoisotopic (exact) mass is 360 g/mol. The van der Waals surface area contributed by atoms with Gasteiger partial charge in [-0.2, -0.15) is 0 Å². The lowest BCUT2D eigenvalue weighted by molar-refractivity contribution is 0.161. The highest BCUT2D eigenvalue weighted by atomic mass is 19.1. The molecule has 2 heterocycles. The number of rotatable bonds is 7. The van der Waals surface area contributed by atoms with Gasteiger partial charge in [-0.25, -0.2) is 18.7 Å². The lowest BCUT2D eigenvalue weighted by atomic mass is 9.91. The van der Waals surface area contributed by atoms with Crippen LogP contribution in [0, 0.1) is 17.6 Å². The Morgan fingerprint density at radius 2 is 2.04 bits per heavy atom. The van der Waals surface area contributed by atoms with Crippen molar-refractivity contribution in [1.82, 2.24) is 14.9 Å². The average molecular weight is 360 g/mol. The number of nitrogens with one attached hydrogen (secondary N) is 1. The molecule has 26 heavy (non-hydrogen) atoms. The predicted octanol–water partition coefficient (Wildman–Crippen LogP) is 4.03. The van der Waals surface area contributed by atoms with Gasteiger partial charge in [-0.15, -0.1) is 0 Å². The molecule has 140 valence electrons. The summed E-state index contributed by atoms with van der Waals surface area (Å²) in [6.45, 7) is 5.73. The molecule has 0 saturated carbocycles. The third-order valence-electron chi connectivity index (χ3n) is 4.89. The quantitative estimate of drug-likeness (QED) is 0.809. The minimum Gasteiger partial charge on any atom is -0.355 e. The third kappa shape index (κ3) is 5.21. The second kappa shape index (κ2) is 9.03. The summed E-state index contributed by atoms with van der Waals surface area (Å²) in [5.41, 5.74) is 1.72. The molecular weight excluding hydrogens is 334 g/mol. The van der Waals surface area contributed by atoms with Crippen molar-refractivity contribution in [3.05, 3.63) is 53.4 Å². The van der Waals surface area contributed by atoms with Gasteiger partial charge in [0.15, 0.2) is 0 Å². The molecule has 6 heteroatoms. The van der Waals surface area contributed by atoms with E-state index in [1.165, 1.54) is 6.07 Å². The molecule has 0 radical (unpaired) electrons. The van der Waals surface area contributed by atoms with Crippen molar-refractivity contribution in [2.45, 2.75) is 39.2 Å². The molecule has 4 nitrogen and oxygen atoms in total. The van der Waals surface area contributed by atoms with E-state index < -0.39 is 11.6 Å². The molecule has 0 unspecified atom stereocenters. The molecule has 1 N–H and O–H groups in total. The molecule has 0 amide bonds. The van der Waals surface area contributed by atoms with Crippen LogP contribution >= 0.6 is 0 Å². The number of anilines is 1. The van der Waals surface area contributed by atoms with Gasteiger partial charge in [0.1, 0.15) is 11.6 Å². The minimum atomic E-state index is -0.516. The maximum Gasteiger partial charge on any atom is 0.222 e. The summed E-state index contributed by atoms with van der Waals surface area (Å²) in [7, 11) is 0. The summed E-state index contributed by atoms with van der Waals surface area (Å²) in [4.78, 5) is 11.1. The highest BCUT2D eigenvalue weighted by molar-refractivity contribution is 5.24. The minimum absolute atomic E-state index is 0.435. The summed E-state index contributed by atoms with van der Waals surface area (Å²) in [5.74, 6) is 0.248. The maximum absolute atomic E-state index is 13.8. The summed E-state index contributed by atoms with van der Waals surface area (Å²) in [6.07, 6.45) is 7.65. The van der Waals surface area contributed by atoms with E-state index in [1.807, 2.05) is 19.3 Å². The Kier molecular flexibility index (Phi) is 6.50. The number of benzene rings is 1. The van der Waals surface area contributed by atoms with E-state index in [2.05, 4.69) is 20.2 Å². The fourth-order valence-corrected chi connectivity index (χ4v) is 3.56. The Bertz CT molecular complexity index is 705. The van der Waals surface area contributed by atoms with Crippen LogP contribution in [0.5, 0.6) is 0 Å². The van der Waals surface area contributed by atoms with Crippen molar-refractivity contribution in [3.63, 3.8) is 0 Å². The first kappa shape index (κ1) is 18.7. The Morgan fingerprint density at radius 3 is 2.77 bits per heavy atom. The molecular formula is C20H26F2N4. The van der Waals surface area contributed by atoms with Crippen molar-refractivity contribution in [3.8, 4) is 0 Å². The van der Waals surface area contributed by atoms with Gasteiger partial charge in [0.05, 0.1) is 0 Å². The van der Waals surface area contributed by atoms with Crippen molar-refractivity contribution < 1.29 is 8.78 Å². The van der Waals surface area contributed by atoms with Gasteiger partial charge in [0.2, 0.25) is 5.95 Å². The molecule has 1 atom stereocenters. The first-order chi connectivity index (χ1) is 12.6. The molecule has 3 rings (SSSR count). The zero-order chi connectivity index (χ0) is 18.4. The van der Waals surface area contributed by atoms with Gasteiger partial charge in [0, 0.05) is 43.7 Å². The predicted molar refractivity (Wildman–Crippen MR) is 98.9 cm³/mol. The Morgan fingerprint density at radius 1 is 1.23 bits per heavy atom. The molecule has 1 aromatic heterocycles. The fraction of sp³-hybridized carbons (Fsp3) is 0.500. The van der Waals surface area contributed by atoms with Crippen LogP contribution in [-0.2, 0) is 13.0 Å². The largest absolute Gasteiger partial charge is 0.355 e. The first-order valence-corrected chi connectivity index (χ1v) is 9.35. The summed E-state index contributed by atoms with van der Waals surface area (Å²) in [5, 5.41) is 3.10. The van der Waals surface area contributed by atoms with E-state index in [0.29, 0.717) is 23.9 Å². The van der Waals surface area contributed by atoms with E-state index in [0.717, 1.165) is 57.1 Å². The van der Waals surface area contributed by atoms with E-state index in [-0.39, 0.29) is 0 Å². The molecule has 0 spiro atoms. The smallest absolute Gasteiger partial charge is 0.222 e. The first-order valence-electron chi connectivity index (χ1n) is 9.35. The van der Waals surface area contributed by atoms with E-state index in [4.69, 9.17) is 0 Å². The van der Waals surface area contributed by atoms with Crippen molar-refractivity contribution in [1.29, 1.82) is 0 Å². The Labute approximate surface area is 153 Å². The topological polar surface area (TPSA) is 41.1 Å². The number of halogens is 2. The molecule has 1 aliphatic rings. The number of aromatic nitrogens is 2. The second-order valence-corrected chi connectivity index (χ2v) is 6.96. The maximum atomic E-state index is 13.8. The molecule has 1 aliphatic heterocycles. The molecule has 1 saturated heterocycles. The Hall–Kier alpha value is -2.08. The van der Waals surface area contributed by atoms with Gasteiger partial charge < -0.3 is 5.32 Å². The van der Waals surface area contributed by atoms with E-state index >= 15 is 0 Å². The van der Waals surface area contributed by atoms with Crippen LogP contribution in [0.25, 0.3) is 0 Å². The normalized spacial score (nSPS) is 18.0. The van der Waals surface area contributed by atoms with Crippen molar-refractivity contribution >= 4 is 5.95 Å². The van der Waals surface area contributed by atoms with Crippen LogP contribution in [0.4, 0.5) is 14.7 Å². The van der Waals surface area contributed by atoms with Crippen LogP contribution in [0.2, 0.25) is 0 Å². The van der Waals surface area contributed by atoms with Gasteiger partial charge in [-0.05, 0) is 56.7 Å². The van der Waals surface area contributed by atoms with Gasteiger partial charge >= 0.3 is 0 Å². The van der Waals surface area contributed by atoms with Crippen LogP contribution in [0.15, 0.2) is 30.6 Å². The van der Waals surface area contributed by atoms with Gasteiger partial charge in [-0.1, -0.05) is 6.07 Å². The third-order valence-corrected chi connectivity index (χ3v) is 4.89. The fourth-order valence-electron chi connectivity index (χ4n) is 3.56.